The number of methoxy groups -OCH3 is 1. The molecule has 2 heterocycles. The first kappa shape index (κ1) is 17.7. The molecule has 2 atom stereocenters. The molecule has 0 spiro atoms. The third-order valence-corrected chi connectivity index (χ3v) is 5.03. The van der Waals surface area contributed by atoms with E-state index in [4.69, 9.17) is 9.47 Å². The van der Waals surface area contributed by atoms with E-state index in [1.54, 1.807) is 11.8 Å². The Labute approximate surface area is 159 Å². The topological polar surface area (TPSA) is 60.1 Å². The van der Waals surface area contributed by atoms with E-state index in [2.05, 4.69) is 22.1 Å². The van der Waals surface area contributed by atoms with Crippen molar-refractivity contribution in [2.75, 3.05) is 33.4 Å². The highest BCUT2D eigenvalue weighted by Crippen LogP contribution is 2.30. The Balaban J connectivity index is 1.71. The number of morpholine rings is 1. The lowest BCUT2D eigenvalue weighted by Gasteiger charge is -2.34. The second-order valence-electron chi connectivity index (χ2n) is 6.67. The van der Waals surface area contributed by atoms with E-state index in [1.165, 1.54) is 0 Å². The zero-order chi connectivity index (χ0) is 18.6. The van der Waals surface area contributed by atoms with Crippen molar-refractivity contribution in [1.82, 2.24) is 4.90 Å². The first-order valence-electron chi connectivity index (χ1n) is 9.16. The summed E-state index contributed by atoms with van der Waals surface area (Å²) < 4.78 is 12.5. The maximum Gasteiger partial charge on any atom is 0.229 e. The van der Waals surface area contributed by atoms with E-state index < -0.39 is 0 Å². The lowest BCUT2D eigenvalue weighted by molar-refractivity contribution is -0.568. The summed E-state index contributed by atoms with van der Waals surface area (Å²) >= 11 is 0. The second kappa shape index (κ2) is 7.90. The van der Waals surface area contributed by atoms with Crippen LogP contribution < -0.4 is 9.84 Å². The van der Waals surface area contributed by atoms with Gasteiger partial charge < -0.3 is 14.6 Å². The molecule has 0 N–H and O–H groups in total. The van der Waals surface area contributed by atoms with Crippen LogP contribution in [-0.2, 0) is 4.74 Å². The van der Waals surface area contributed by atoms with Crippen LogP contribution in [0.1, 0.15) is 17.2 Å². The number of hydrazone groups is 1. The van der Waals surface area contributed by atoms with Crippen LogP contribution in [0.15, 0.2) is 59.7 Å². The van der Waals surface area contributed by atoms with Crippen LogP contribution in [-0.4, -0.2) is 61.2 Å². The Bertz CT molecular complexity index is 828. The van der Waals surface area contributed by atoms with E-state index >= 15 is 0 Å². The predicted octanol–water partition coefficient (Wildman–Crippen LogP) is 1.26. The number of hydrogen-bond donors (Lipinski definition) is 0. The number of hydrogen-bond acceptors (Lipinski definition) is 5. The molecule has 6 nitrogen and oxygen atoms in total. The van der Waals surface area contributed by atoms with Crippen molar-refractivity contribution in [2.24, 2.45) is 5.10 Å². The maximum atomic E-state index is 12.8. The summed E-state index contributed by atoms with van der Waals surface area (Å²) in [5.74, 6) is 0.697. The SMILES string of the molecule is COc1ccc(/C=[N+]2\N=C([O-])[C@H](N3CCOCC3)[C@H]2c2ccccc2)cc1. The van der Waals surface area contributed by atoms with Gasteiger partial charge in [-0.15, -0.1) is 0 Å². The highest BCUT2D eigenvalue weighted by atomic mass is 16.5. The van der Waals surface area contributed by atoms with Crippen LogP contribution in [0, 0.1) is 0 Å². The molecule has 2 aliphatic rings. The van der Waals surface area contributed by atoms with Gasteiger partial charge in [0.05, 0.1) is 26.2 Å². The Kier molecular flexibility index (Phi) is 5.18. The standard InChI is InChI=1S/C21H23N3O3/c1-26-18-9-7-16(8-10-18)15-24-19(17-5-3-2-4-6-17)20(21(25)22-24)23-11-13-27-14-12-23/h2-10,15,19-20H,11-14H2,1H3/b24-15-/t19-,20-/m1/s1. The second-order valence-corrected chi connectivity index (χ2v) is 6.67. The molecular formula is C21H23N3O3. The molecule has 1 saturated heterocycles. The largest absolute Gasteiger partial charge is 0.856 e. The fourth-order valence-corrected chi connectivity index (χ4v) is 3.66. The van der Waals surface area contributed by atoms with Crippen LogP contribution in [0.3, 0.4) is 0 Å². The van der Waals surface area contributed by atoms with Gasteiger partial charge in [0.2, 0.25) is 12.3 Å². The van der Waals surface area contributed by atoms with Crippen molar-refractivity contribution in [1.29, 1.82) is 0 Å². The van der Waals surface area contributed by atoms with E-state index in [0.29, 0.717) is 13.2 Å². The zero-order valence-electron chi connectivity index (χ0n) is 15.3. The highest BCUT2D eigenvalue weighted by molar-refractivity contribution is 5.81. The summed E-state index contributed by atoms with van der Waals surface area (Å²) in [5.41, 5.74) is 2.05. The minimum Gasteiger partial charge on any atom is -0.856 e. The first-order valence-corrected chi connectivity index (χ1v) is 9.16. The maximum absolute atomic E-state index is 12.8. The number of benzene rings is 2. The minimum atomic E-state index is -0.300. The zero-order valence-corrected chi connectivity index (χ0v) is 15.3. The predicted molar refractivity (Wildman–Crippen MR) is 101 cm³/mol. The van der Waals surface area contributed by atoms with Gasteiger partial charge in [-0.1, -0.05) is 35.0 Å². The molecule has 0 unspecified atom stereocenters. The fourth-order valence-electron chi connectivity index (χ4n) is 3.66. The molecule has 4 rings (SSSR count). The van der Waals surface area contributed by atoms with Crippen LogP contribution in [0.4, 0.5) is 0 Å². The smallest absolute Gasteiger partial charge is 0.229 e. The van der Waals surface area contributed by atoms with Crippen molar-refractivity contribution in [3.05, 3.63) is 65.7 Å². The van der Waals surface area contributed by atoms with Gasteiger partial charge in [-0.3, -0.25) is 4.90 Å². The van der Waals surface area contributed by atoms with Gasteiger partial charge in [-0.05, 0) is 29.4 Å². The van der Waals surface area contributed by atoms with E-state index in [0.717, 1.165) is 30.0 Å². The van der Waals surface area contributed by atoms with Crippen molar-refractivity contribution in [3.8, 4) is 5.75 Å². The number of nitrogens with zero attached hydrogens (tertiary/aromatic N) is 3. The molecule has 0 amide bonds. The van der Waals surface area contributed by atoms with Crippen LogP contribution in [0.2, 0.25) is 0 Å². The molecule has 27 heavy (non-hydrogen) atoms. The molecule has 2 aliphatic heterocycles. The Morgan fingerprint density at radius 1 is 1.11 bits per heavy atom. The Hall–Kier alpha value is -2.70. The molecule has 6 heteroatoms. The highest BCUT2D eigenvalue weighted by Gasteiger charge is 2.43. The third kappa shape index (κ3) is 3.72. The van der Waals surface area contributed by atoms with Gasteiger partial charge in [0.1, 0.15) is 11.8 Å². The van der Waals surface area contributed by atoms with Crippen molar-refractivity contribution in [2.45, 2.75) is 12.1 Å². The fraction of sp³-hybridized carbons (Fsp3) is 0.333. The Morgan fingerprint density at radius 2 is 1.81 bits per heavy atom. The van der Waals surface area contributed by atoms with Gasteiger partial charge >= 0.3 is 0 Å². The average molecular weight is 365 g/mol. The molecule has 140 valence electrons. The summed E-state index contributed by atoms with van der Waals surface area (Å²) in [5, 5.41) is 17.2. The summed E-state index contributed by atoms with van der Waals surface area (Å²) in [4.78, 5) is 2.19. The molecule has 0 radical (unpaired) electrons. The lowest BCUT2D eigenvalue weighted by atomic mass is 9.98. The summed E-state index contributed by atoms with van der Waals surface area (Å²) in [6, 6.07) is 17.4. The average Bonchev–Trinajstić information content (AvgIpc) is 3.05. The molecule has 0 aliphatic carbocycles. The molecule has 0 bridgehead atoms. The molecule has 0 aromatic heterocycles. The van der Waals surface area contributed by atoms with Crippen LogP contribution >= 0.6 is 0 Å². The molecule has 1 fully saturated rings. The van der Waals surface area contributed by atoms with Crippen molar-refractivity contribution < 1.29 is 19.3 Å². The van der Waals surface area contributed by atoms with Crippen LogP contribution in [0.5, 0.6) is 5.75 Å². The number of rotatable bonds is 4. The van der Waals surface area contributed by atoms with Gasteiger partial charge in [0.15, 0.2) is 0 Å². The van der Waals surface area contributed by atoms with Crippen molar-refractivity contribution >= 4 is 12.1 Å². The molecule has 0 saturated carbocycles. The van der Waals surface area contributed by atoms with Gasteiger partial charge in [0, 0.05) is 24.2 Å². The van der Waals surface area contributed by atoms with E-state index in [-0.39, 0.29) is 18.0 Å². The summed E-state index contributed by atoms with van der Waals surface area (Å²) in [6.07, 6.45) is 1.93. The normalized spacial score (nSPS) is 24.8. The van der Waals surface area contributed by atoms with Gasteiger partial charge in [-0.25, -0.2) is 0 Å². The summed E-state index contributed by atoms with van der Waals surface area (Å²) in [7, 11) is 1.64. The van der Waals surface area contributed by atoms with Gasteiger partial charge in [0.25, 0.3) is 0 Å². The molecule has 2 aromatic rings. The van der Waals surface area contributed by atoms with Gasteiger partial charge in [-0.2, -0.15) is 0 Å². The minimum absolute atomic E-state index is 0.101. The van der Waals surface area contributed by atoms with Crippen LogP contribution in [0.25, 0.3) is 0 Å². The first-order chi connectivity index (χ1) is 13.3. The van der Waals surface area contributed by atoms with E-state index in [1.807, 2.05) is 48.7 Å². The molecular weight excluding hydrogens is 342 g/mol. The Morgan fingerprint density at radius 3 is 2.48 bits per heavy atom. The third-order valence-electron chi connectivity index (χ3n) is 5.03. The monoisotopic (exact) mass is 365 g/mol. The van der Waals surface area contributed by atoms with E-state index in [9.17, 15) is 5.11 Å². The quantitative estimate of drug-likeness (QED) is 0.766. The lowest BCUT2D eigenvalue weighted by Crippen LogP contribution is -2.52. The summed E-state index contributed by atoms with van der Waals surface area (Å²) in [6.45, 7) is 2.78. The molecule has 2 aromatic carbocycles. The number of ether oxygens (including phenoxy) is 2. The van der Waals surface area contributed by atoms with Crippen molar-refractivity contribution in [3.63, 3.8) is 0 Å².